The highest BCUT2D eigenvalue weighted by Gasteiger charge is 2.16. The van der Waals surface area contributed by atoms with Gasteiger partial charge in [0.15, 0.2) is 5.82 Å². The van der Waals surface area contributed by atoms with Gasteiger partial charge < -0.3 is 14.6 Å². The number of aryl methyl sites for hydroxylation is 1. The highest BCUT2D eigenvalue weighted by molar-refractivity contribution is 5.85. The standard InChI is InChI=1S/C13H23N3O2.ClH/c1-10(14-2)9-12-15-13(18-16-12)7-6-11-5-3-4-8-17-11;/h10-11,14H,3-9H2,1-2H3;1H. The molecule has 1 fully saturated rings. The smallest absolute Gasteiger partial charge is 0.226 e. The van der Waals surface area contributed by atoms with Crippen molar-refractivity contribution in [1.82, 2.24) is 15.5 Å². The topological polar surface area (TPSA) is 60.2 Å². The predicted octanol–water partition coefficient (Wildman–Crippen LogP) is 2.14. The van der Waals surface area contributed by atoms with Crippen molar-refractivity contribution in [1.29, 1.82) is 0 Å². The van der Waals surface area contributed by atoms with E-state index in [9.17, 15) is 0 Å². The number of hydrogen-bond acceptors (Lipinski definition) is 5. The van der Waals surface area contributed by atoms with Crippen LogP contribution in [0.1, 0.15) is 44.3 Å². The first-order valence-electron chi connectivity index (χ1n) is 6.88. The van der Waals surface area contributed by atoms with Crippen LogP contribution in [-0.2, 0) is 17.6 Å². The monoisotopic (exact) mass is 289 g/mol. The van der Waals surface area contributed by atoms with Gasteiger partial charge in [-0.15, -0.1) is 12.4 Å². The van der Waals surface area contributed by atoms with Crippen molar-refractivity contribution in [3.05, 3.63) is 11.7 Å². The molecule has 0 radical (unpaired) electrons. The molecule has 1 aromatic heterocycles. The van der Waals surface area contributed by atoms with Gasteiger partial charge in [-0.25, -0.2) is 0 Å². The van der Waals surface area contributed by atoms with Crippen molar-refractivity contribution >= 4 is 12.4 Å². The van der Waals surface area contributed by atoms with Crippen LogP contribution in [0.15, 0.2) is 4.52 Å². The Bertz CT molecular complexity index is 353. The van der Waals surface area contributed by atoms with E-state index in [0.717, 1.165) is 44.0 Å². The van der Waals surface area contributed by atoms with Crippen molar-refractivity contribution in [2.45, 2.75) is 57.6 Å². The molecule has 1 aliphatic heterocycles. The number of nitrogens with one attached hydrogen (secondary N) is 1. The zero-order valence-electron chi connectivity index (χ0n) is 11.7. The third-order valence-electron chi connectivity index (χ3n) is 3.45. The summed E-state index contributed by atoms with van der Waals surface area (Å²) >= 11 is 0. The van der Waals surface area contributed by atoms with Crippen molar-refractivity contribution < 1.29 is 9.26 Å². The summed E-state index contributed by atoms with van der Waals surface area (Å²) in [4.78, 5) is 4.41. The largest absolute Gasteiger partial charge is 0.378 e. The molecule has 1 aliphatic rings. The number of ether oxygens (including phenoxy) is 1. The fourth-order valence-corrected chi connectivity index (χ4v) is 2.17. The van der Waals surface area contributed by atoms with E-state index in [0.29, 0.717) is 12.1 Å². The van der Waals surface area contributed by atoms with Crippen LogP contribution in [0.4, 0.5) is 0 Å². The first-order chi connectivity index (χ1) is 8.78. The average Bonchev–Trinajstić information content (AvgIpc) is 2.85. The molecule has 0 spiro atoms. The lowest BCUT2D eigenvalue weighted by atomic mass is 10.0. The fraction of sp³-hybridized carbons (Fsp3) is 0.846. The molecule has 0 aliphatic carbocycles. The maximum atomic E-state index is 5.69. The Hall–Kier alpha value is -0.650. The highest BCUT2D eigenvalue weighted by atomic mass is 35.5. The Morgan fingerprint density at radius 3 is 2.95 bits per heavy atom. The summed E-state index contributed by atoms with van der Waals surface area (Å²) < 4.78 is 10.9. The molecule has 5 nitrogen and oxygen atoms in total. The number of hydrogen-bond donors (Lipinski definition) is 1. The lowest BCUT2D eigenvalue weighted by Crippen LogP contribution is -2.24. The molecule has 110 valence electrons. The summed E-state index contributed by atoms with van der Waals surface area (Å²) in [6.45, 7) is 3.01. The van der Waals surface area contributed by atoms with E-state index in [4.69, 9.17) is 9.26 Å². The van der Waals surface area contributed by atoms with Crippen LogP contribution in [0.2, 0.25) is 0 Å². The molecule has 2 heterocycles. The van der Waals surface area contributed by atoms with Crippen LogP contribution >= 0.6 is 12.4 Å². The SMILES string of the molecule is CNC(C)Cc1noc(CCC2CCCCO2)n1.Cl. The first kappa shape index (κ1) is 16.4. The first-order valence-corrected chi connectivity index (χ1v) is 6.88. The van der Waals surface area contributed by atoms with E-state index in [2.05, 4.69) is 22.4 Å². The van der Waals surface area contributed by atoms with Crippen molar-refractivity contribution in [3.8, 4) is 0 Å². The summed E-state index contributed by atoms with van der Waals surface area (Å²) in [5.41, 5.74) is 0. The quantitative estimate of drug-likeness (QED) is 0.869. The Morgan fingerprint density at radius 1 is 1.42 bits per heavy atom. The molecular weight excluding hydrogens is 266 g/mol. The van der Waals surface area contributed by atoms with Crippen LogP contribution in [0.5, 0.6) is 0 Å². The second-order valence-electron chi connectivity index (χ2n) is 5.03. The van der Waals surface area contributed by atoms with E-state index in [-0.39, 0.29) is 12.4 Å². The second-order valence-corrected chi connectivity index (χ2v) is 5.03. The normalized spacial score (nSPS) is 20.8. The molecule has 2 rings (SSSR count). The van der Waals surface area contributed by atoms with Gasteiger partial charge in [0.25, 0.3) is 0 Å². The lowest BCUT2D eigenvalue weighted by Gasteiger charge is -2.21. The van der Waals surface area contributed by atoms with E-state index < -0.39 is 0 Å². The molecule has 0 amide bonds. The summed E-state index contributed by atoms with van der Waals surface area (Å²) in [5.74, 6) is 1.53. The molecule has 6 heteroatoms. The van der Waals surface area contributed by atoms with Gasteiger partial charge in [0.2, 0.25) is 5.89 Å². The number of likely N-dealkylation sites (N-methyl/N-ethyl adjacent to an activating group) is 1. The minimum Gasteiger partial charge on any atom is -0.378 e. The van der Waals surface area contributed by atoms with Gasteiger partial charge in [0.1, 0.15) is 0 Å². The minimum absolute atomic E-state index is 0. The van der Waals surface area contributed by atoms with Gasteiger partial charge in [0, 0.05) is 25.5 Å². The van der Waals surface area contributed by atoms with Crippen LogP contribution in [0.3, 0.4) is 0 Å². The maximum absolute atomic E-state index is 5.69. The highest BCUT2D eigenvalue weighted by Crippen LogP contribution is 2.17. The fourth-order valence-electron chi connectivity index (χ4n) is 2.17. The van der Waals surface area contributed by atoms with E-state index in [1.54, 1.807) is 0 Å². The van der Waals surface area contributed by atoms with Gasteiger partial charge in [-0.1, -0.05) is 5.16 Å². The molecule has 19 heavy (non-hydrogen) atoms. The van der Waals surface area contributed by atoms with Crippen LogP contribution < -0.4 is 5.32 Å². The summed E-state index contributed by atoms with van der Waals surface area (Å²) in [5, 5.41) is 7.17. The van der Waals surface area contributed by atoms with Gasteiger partial charge in [-0.3, -0.25) is 0 Å². The van der Waals surface area contributed by atoms with Crippen LogP contribution in [0.25, 0.3) is 0 Å². The molecule has 0 aromatic carbocycles. The minimum atomic E-state index is 0. The number of halogens is 1. The summed E-state index contributed by atoms with van der Waals surface area (Å²) in [7, 11) is 1.94. The zero-order valence-corrected chi connectivity index (χ0v) is 12.5. The van der Waals surface area contributed by atoms with Gasteiger partial charge in [-0.2, -0.15) is 4.98 Å². The Kier molecular flexibility index (Phi) is 7.34. The Morgan fingerprint density at radius 2 is 2.26 bits per heavy atom. The molecule has 1 aromatic rings. The Balaban J connectivity index is 0.00000180. The average molecular weight is 290 g/mol. The molecule has 0 bridgehead atoms. The van der Waals surface area contributed by atoms with E-state index in [1.165, 1.54) is 12.8 Å². The maximum Gasteiger partial charge on any atom is 0.226 e. The molecule has 1 N–H and O–H groups in total. The molecule has 1 saturated heterocycles. The predicted molar refractivity (Wildman–Crippen MR) is 75.7 cm³/mol. The summed E-state index contributed by atoms with van der Waals surface area (Å²) in [6.07, 6.45) is 6.64. The second kappa shape index (κ2) is 8.51. The van der Waals surface area contributed by atoms with Crippen molar-refractivity contribution in [2.75, 3.05) is 13.7 Å². The van der Waals surface area contributed by atoms with Crippen molar-refractivity contribution in [2.24, 2.45) is 0 Å². The number of nitrogens with zero attached hydrogens (tertiary/aromatic N) is 2. The van der Waals surface area contributed by atoms with Crippen LogP contribution in [0, 0.1) is 0 Å². The van der Waals surface area contributed by atoms with Crippen molar-refractivity contribution in [3.63, 3.8) is 0 Å². The van der Waals surface area contributed by atoms with Gasteiger partial charge >= 0.3 is 0 Å². The Labute approximate surface area is 120 Å². The van der Waals surface area contributed by atoms with Gasteiger partial charge in [0.05, 0.1) is 6.10 Å². The molecule has 0 saturated carbocycles. The lowest BCUT2D eigenvalue weighted by molar-refractivity contribution is 0.0104. The number of aromatic nitrogens is 2. The summed E-state index contributed by atoms with van der Waals surface area (Å²) in [6, 6.07) is 0.372. The number of rotatable bonds is 6. The zero-order chi connectivity index (χ0) is 12.8. The third-order valence-corrected chi connectivity index (χ3v) is 3.45. The van der Waals surface area contributed by atoms with E-state index >= 15 is 0 Å². The third kappa shape index (κ3) is 5.47. The molecule has 2 atom stereocenters. The molecular formula is C13H24ClN3O2. The molecule has 2 unspecified atom stereocenters. The van der Waals surface area contributed by atoms with Crippen LogP contribution in [-0.4, -0.2) is 35.9 Å². The van der Waals surface area contributed by atoms with Gasteiger partial charge in [-0.05, 0) is 39.7 Å². The van der Waals surface area contributed by atoms with E-state index in [1.807, 2.05) is 7.05 Å².